The Morgan fingerprint density at radius 3 is 3.00 bits per heavy atom. The highest BCUT2D eigenvalue weighted by Crippen LogP contribution is 2.32. The number of H-pyrrole nitrogens is 1. The monoisotopic (exact) mass is 348 g/mol. The van der Waals surface area contributed by atoms with Crippen molar-refractivity contribution in [2.75, 3.05) is 5.73 Å². The minimum Gasteiger partial charge on any atom is -0.399 e. The van der Waals surface area contributed by atoms with Gasteiger partial charge in [0.05, 0.1) is 4.88 Å². The molecule has 1 amide bonds. The average molecular weight is 348 g/mol. The number of nitrogens with two attached hydrogens (primary N) is 1. The zero-order chi connectivity index (χ0) is 17.2. The van der Waals surface area contributed by atoms with Crippen LogP contribution in [0.3, 0.4) is 0 Å². The molecule has 0 saturated heterocycles. The summed E-state index contributed by atoms with van der Waals surface area (Å²) in [6.07, 6.45) is 3.64. The van der Waals surface area contributed by atoms with Crippen LogP contribution in [0.2, 0.25) is 0 Å². The number of aromatic nitrogens is 2. The SMILES string of the molecule is Nc1cccc(CNC(=O)c2ccc(-c3ccnc4[nH]ccc34)s2)c1. The molecule has 0 fully saturated rings. The van der Waals surface area contributed by atoms with E-state index in [4.69, 9.17) is 5.73 Å². The molecule has 1 aromatic carbocycles. The number of carbonyl (C=O) groups excluding carboxylic acids is 1. The highest BCUT2D eigenvalue weighted by atomic mass is 32.1. The summed E-state index contributed by atoms with van der Waals surface area (Å²) in [7, 11) is 0. The van der Waals surface area contributed by atoms with E-state index >= 15 is 0 Å². The molecule has 0 atom stereocenters. The predicted molar refractivity (Wildman–Crippen MR) is 101 cm³/mol. The van der Waals surface area contributed by atoms with Gasteiger partial charge in [-0.05, 0) is 42.0 Å². The minimum atomic E-state index is -0.0851. The normalized spacial score (nSPS) is 10.9. The number of benzene rings is 1. The summed E-state index contributed by atoms with van der Waals surface area (Å²) in [5.74, 6) is -0.0851. The molecule has 0 aliphatic carbocycles. The lowest BCUT2D eigenvalue weighted by Crippen LogP contribution is -2.21. The van der Waals surface area contributed by atoms with E-state index in [1.54, 1.807) is 6.20 Å². The van der Waals surface area contributed by atoms with E-state index in [0.29, 0.717) is 17.1 Å². The summed E-state index contributed by atoms with van der Waals surface area (Å²) in [6.45, 7) is 0.453. The molecule has 0 radical (unpaired) electrons. The summed E-state index contributed by atoms with van der Waals surface area (Å²) in [5, 5.41) is 3.99. The quantitative estimate of drug-likeness (QED) is 0.490. The number of pyridine rings is 1. The molecule has 5 nitrogen and oxygen atoms in total. The van der Waals surface area contributed by atoms with Crippen molar-refractivity contribution in [3.05, 3.63) is 71.4 Å². The lowest BCUT2D eigenvalue weighted by atomic mass is 10.1. The second kappa shape index (κ2) is 6.41. The molecule has 0 spiro atoms. The third-order valence-electron chi connectivity index (χ3n) is 3.96. The maximum atomic E-state index is 12.4. The Kier molecular flexibility index (Phi) is 3.95. The number of anilines is 1. The molecule has 124 valence electrons. The number of aromatic amines is 1. The van der Waals surface area contributed by atoms with E-state index in [2.05, 4.69) is 15.3 Å². The zero-order valence-electron chi connectivity index (χ0n) is 13.3. The minimum absolute atomic E-state index is 0.0851. The first-order chi connectivity index (χ1) is 12.2. The van der Waals surface area contributed by atoms with Crippen molar-refractivity contribution in [3.8, 4) is 10.4 Å². The van der Waals surface area contributed by atoms with Crippen LogP contribution in [0, 0.1) is 0 Å². The standard InChI is InChI=1S/C19H16N4OS/c20-13-3-1-2-12(10-13)11-23-19(24)17-5-4-16(25-17)14-6-8-21-18-15(14)7-9-22-18/h1-10H,11,20H2,(H,21,22)(H,23,24). The Hall–Kier alpha value is -3.12. The number of fused-ring (bicyclic) bond motifs is 1. The average Bonchev–Trinajstić information content (AvgIpc) is 3.28. The molecule has 25 heavy (non-hydrogen) atoms. The first-order valence-electron chi connectivity index (χ1n) is 7.85. The van der Waals surface area contributed by atoms with E-state index in [-0.39, 0.29) is 5.91 Å². The molecule has 3 heterocycles. The number of rotatable bonds is 4. The summed E-state index contributed by atoms with van der Waals surface area (Å²) in [6, 6.07) is 15.3. The van der Waals surface area contributed by atoms with Crippen LogP contribution in [-0.2, 0) is 6.54 Å². The smallest absolute Gasteiger partial charge is 0.261 e. The number of carbonyl (C=O) groups is 1. The lowest BCUT2D eigenvalue weighted by molar-refractivity contribution is 0.0955. The largest absolute Gasteiger partial charge is 0.399 e. The van der Waals surface area contributed by atoms with Crippen LogP contribution in [0.25, 0.3) is 21.5 Å². The highest BCUT2D eigenvalue weighted by molar-refractivity contribution is 7.17. The summed E-state index contributed by atoms with van der Waals surface area (Å²) >= 11 is 1.47. The van der Waals surface area contributed by atoms with Crippen molar-refractivity contribution in [2.24, 2.45) is 0 Å². The van der Waals surface area contributed by atoms with Crippen LogP contribution in [0.4, 0.5) is 5.69 Å². The van der Waals surface area contributed by atoms with Crippen LogP contribution in [0.5, 0.6) is 0 Å². The number of hydrogen-bond acceptors (Lipinski definition) is 4. The van der Waals surface area contributed by atoms with Gasteiger partial charge in [0, 0.05) is 40.5 Å². The number of thiophene rings is 1. The molecule has 6 heteroatoms. The van der Waals surface area contributed by atoms with Gasteiger partial charge in [0.25, 0.3) is 5.91 Å². The predicted octanol–water partition coefficient (Wildman–Crippen LogP) is 3.80. The molecule has 0 unspecified atom stereocenters. The van der Waals surface area contributed by atoms with Crippen molar-refractivity contribution < 1.29 is 4.79 Å². The second-order valence-electron chi connectivity index (χ2n) is 5.69. The summed E-state index contributed by atoms with van der Waals surface area (Å²) < 4.78 is 0. The van der Waals surface area contributed by atoms with E-state index in [0.717, 1.165) is 27.0 Å². The fraction of sp³-hybridized carbons (Fsp3) is 0.0526. The first kappa shape index (κ1) is 15.4. The Balaban J connectivity index is 1.53. The van der Waals surface area contributed by atoms with Gasteiger partial charge in [0.2, 0.25) is 0 Å². The number of nitrogens with one attached hydrogen (secondary N) is 2. The van der Waals surface area contributed by atoms with Crippen LogP contribution < -0.4 is 11.1 Å². The van der Waals surface area contributed by atoms with Crippen LogP contribution >= 0.6 is 11.3 Å². The molecular formula is C19H16N4OS. The summed E-state index contributed by atoms with van der Waals surface area (Å²) in [4.78, 5) is 21.5. The van der Waals surface area contributed by atoms with E-state index in [9.17, 15) is 4.79 Å². The number of nitrogens with zero attached hydrogens (tertiary/aromatic N) is 1. The van der Waals surface area contributed by atoms with Crippen molar-refractivity contribution >= 4 is 34.0 Å². The van der Waals surface area contributed by atoms with Crippen molar-refractivity contribution in [1.29, 1.82) is 0 Å². The number of hydrogen-bond donors (Lipinski definition) is 3. The Bertz CT molecular complexity index is 1050. The van der Waals surface area contributed by atoms with Crippen molar-refractivity contribution in [2.45, 2.75) is 6.54 Å². The van der Waals surface area contributed by atoms with Gasteiger partial charge < -0.3 is 16.0 Å². The van der Waals surface area contributed by atoms with Gasteiger partial charge in [0.1, 0.15) is 5.65 Å². The van der Waals surface area contributed by atoms with Gasteiger partial charge in [-0.25, -0.2) is 4.98 Å². The fourth-order valence-corrected chi connectivity index (χ4v) is 3.71. The van der Waals surface area contributed by atoms with Crippen molar-refractivity contribution in [3.63, 3.8) is 0 Å². The van der Waals surface area contributed by atoms with E-state index in [1.165, 1.54) is 11.3 Å². The van der Waals surface area contributed by atoms with Crippen LogP contribution in [0.15, 0.2) is 60.9 Å². The Morgan fingerprint density at radius 2 is 2.12 bits per heavy atom. The fourth-order valence-electron chi connectivity index (χ4n) is 2.75. The molecule has 0 saturated carbocycles. The van der Waals surface area contributed by atoms with Gasteiger partial charge in [0.15, 0.2) is 0 Å². The van der Waals surface area contributed by atoms with E-state index < -0.39 is 0 Å². The Labute approximate surface area is 148 Å². The molecule has 4 N–H and O–H groups in total. The molecule has 3 aromatic heterocycles. The first-order valence-corrected chi connectivity index (χ1v) is 8.67. The highest BCUT2D eigenvalue weighted by Gasteiger charge is 2.12. The lowest BCUT2D eigenvalue weighted by Gasteiger charge is -2.04. The molecule has 0 bridgehead atoms. The van der Waals surface area contributed by atoms with Gasteiger partial charge in [-0.15, -0.1) is 11.3 Å². The third-order valence-corrected chi connectivity index (χ3v) is 5.08. The maximum Gasteiger partial charge on any atom is 0.261 e. The second-order valence-corrected chi connectivity index (χ2v) is 6.77. The molecular weight excluding hydrogens is 332 g/mol. The summed E-state index contributed by atoms with van der Waals surface area (Å²) in [5.41, 5.74) is 9.36. The molecule has 0 aliphatic rings. The van der Waals surface area contributed by atoms with Gasteiger partial charge in [-0.3, -0.25) is 4.79 Å². The van der Waals surface area contributed by atoms with Crippen molar-refractivity contribution in [1.82, 2.24) is 15.3 Å². The van der Waals surface area contributed by atoms with Gasteiger partial charge >= 0.3 is 0 Å². The maximum absolute atomic E-state index is 12.4. The molecule has 4 rings (SSSR count). The zero-order valence-corrected chi connectivity index (χ0v) is 14.1. The van der Waals surface area contributed by atoms with Crippen LogP contribution in [0.1, 0.15) is 15.2 Å². The van der Waals surface area contributed by atoms with Gasteiger partial charge in [-0.2, -0.15) is 0 Å². The van der Waals surface area contributed by atoms with Gasteiger partial charge in [-0.1, -0.05) is 12.1 Å². The number of amides is 1. The Morgan fingerprint density at radius 1 is 1.20 bits per heavy atom. The topological polar surface area (TPSA) is 83.8 Å². The molecule has 0 aliphatic heterocycles. The van der Waals surface area contributed by atoms with Crippen LogP contribution in [-0.4, -0.2) is 15.9 Å². The third kappa shape index (κ3) is 3.12. The number of nitrogen functional groups attached to an aromatic ring is 1. The molecule has 4 aromatic rings. The van der Waals surface area contributed by atoms with E-state index in [1.807, 2.05) is 54.7 Å².